The molecule has 3 heteroatoms. The first-order valence-corrected chi connectivity index (χ1v) is 6.24. The highest BCUT2D eigenvalue weighted by Crippen LogP contribution is 2.58. The summed E-state index contributed by atoms with van der Waals surface area (Å²) < 4.78 is 0.209. The fourth-order valence-electron chi connectivity index (χ4n) is 0.979. The van der Waals surface area contributed by atoms with Crippen molar-refractivity contribution in [3.8, 4) is 0 Å². The first-order valence-electron chi connectivity index (χ1n) is 3.78. The number of halogens is 2. The van der Waals surface area contributed by atoms with Crippen molar-refractivity contribution in [2.75, 3.05) is 0 Å². The van der Waals surface area contributed by atoms with Crippen LogP contribution in [0.4, 0.5) is 0 Å². The molecule has 0 saturated heterocycles. The van der Waals surface area contributed by atoms with E-state index in [1.54, 1.807) is 0 Å². The summed E-state index contributed by atoms with van der Waals surface area (Å²) in [6.45, 7) is 0. The summed E-state index contributed by atoms with van der Waals surface area (Å²) in [5, 5.41) is 0.680. The summed E-state index contributed by atoms with van der Waals surface area (Å²) in [4.78, 5) is 1.35. The molecule has 1 aliphatic rings. The summed E-state index contributed by atoms with van der Waals surface area (Å²) >= 11 is 9.13. The van der Waals surface area contributed by atoms with Crippen LogP contribution in [0.2, 0.25) is 0 Å². The van der Waals surface area contributed by atoms with E-state index in [9.17, 15) is 0 Å². The first-order chi connectivity index (χ1) is 5.68. The monoisotopic (exact) mass is 306 g/mol. The highest BCUT2D eigenvalue weighted by Gasteiger charge is 2.50. The topological polar surface area (TPSA) is 0 Å². The van der Waals surface area contributed by atoms with Gasteiger partial charge in [-0.05, 0) is 18.6 Å². The molecule has 1 atom stereocenters. The SMILES string of the molecule is BrC1(Br)CC1Sc1ccccc1. The highest BCUT2D eigenvalue weighted by molar-refractivity contribution is 9.25. The molecule has 1 unspecified atom stereocenters. The molecule has 0 aromatic heterocycles. The number of hydrogen-bond acceptors (Lipinski definition) is 1. The number of alkyl halides is 2. The van der Waals surface area contributed by atoms with Crippen LogP contribution in [0.5, 0.6) is 0 Å². The van der Waals surface area contributed by atoms with Gasteiger partial charge in [-0.2, -0.15) is 0 Å². The Balaban J connectivity index is 1.98. The lowest BCUT2D eigenvalue weighted by atomic mass is 10.4. The van der Waals surface area contributed by atoms with E-state index >= 15 is 0 Å². The molecule has 0 heterocycles. The maximum absolute atomic E-state index is 3.61. The lowest BCUT2D eigenvalue weighted by molar-refractivity contribution is 1.42. The third-order valence-electron chi connectivity index (χ3n) is 1.79. The van der Waals surface area contributed by atoms with Crippen LogP contribution in [0.15, 0.2) is 35.2 Å². The lowest BCUT2D eigenvalue weighted by Gasteiger charge is -1.99. The second-order valence-electron chi connectivity index (χ2n) is 2.88. The van der Waals surface area contributed by atoms with Gasteiger partial charge in [-0.15, -0.1) is 11.8 Å². The molecule has 1 saturated carbocycles. The Bertz CT molecular complexity index is 271. The third kappa shape index (κ3) is 2.06. The fourth-order valence-corrected chi connectivity index (χ4v) is 3.78. The minimum Gasteiger partial charge on any atom is -0.120 e. The Hall–Kier alpha value is 0.530. The average molecular weight is 308 g/mol. The molecule has 1 aromatic carbocycles. The smallest absolute Gasteiger partial charge is 0.0939 e. The van der Waals surface area contributed by atoms with E-state index in [0.717, 1.165) is 0 Å². The summed E-state index contributed by atoms with van der Waals surface area (Å²) in [5.41, 5.74) is 0. The van der Waals surface area contributed by atoms with Gasteiger partial charge in [0.15, 0.2) is 0 Å². The Labute approximate surface area is 93.4 Å². The molecule has 0 bridgehead atoms. The number of hydrogen-bond donors (Lipinski definition) is 0. The van der Waals surface area contributed by atoms with Crippen LogP contribution in [0.25, 0.3) is 0 Å². The Morgan fingerprint density at radius 1 is 1.25 bits per heavy atom. The predicted octanol–water partition coefficient (Wildman–Crippen LogP) is 4.04. The van der Waals surface area contributed by atoms with Crippen molar-refractivity contribution in [3.63, 3.8) is 0 Å². The molecule has 1 aromatic rings. The molecule has 0 nitrogen and oxygen atoms in total. The van der Waals surface area contributed by atoms with Crippen molar-refractivity contribution in [1.82, 2.24) is 0 Å². The van der Waals surface area contributed by atoms with Crippen molar-refractivity contribution in [1.29, 1.82) is 0 Å². The Kier molecular flexibility index (Phi) is 2.54. The van der Waals surface area contributed by atoms with E-state index in [1.807, 2.05) is 17.8 Å². The summed E-state index contributed by atoms with van der Waals surface area (Å²) in [6, 6.07) is 10.5. The van der Waals surface area contributed by atoms with Crippen LogP contribution in [0.1, 0.15) is 6.42 Å². The molecule has 1 aliphatic carbocycles. The molecule has 2 rings (SSSR count). The van der Waals surface area contributed by atoms with E-state index < -0.39 is 0 Å². The maximum Gasteiger partial charge on any atom is 0.0939 e. The van der Waals surface area contributed by atoms with E-state index in [4.69, 9.17) is 0 Å². The molecule has 64 valence electrons. The van der Waals surface area contributed by atoms with Gasteiger partial charge in [0.25, 0.3) is 0 Å². The summed E-state index contributed by atoms with van der Waals surface area (Å²) in [7, 11) is 0. The minimum atomic E-state index is 0.209. The Morgan fingerprint density at radius 2 is 1.83 bits per heavy atom. The van der Waals surface area contributed by atoms with Crippen LogP contribution in [-0.2, 0) is 0 Å². The standard InChI is InChI=1S/C9H8Br2S/c10-9(11)6-8(9)12-7-4-2-1-3-5-7/h1-5,8H,6H2. The number of rotatable bonds is 2. The van der Waals surface area contributed by atoms with Crippen LogP contribution < -0.4 is 0 Å². The number of thioether (sulfide) groups is 1. The van der Waals surface area contributed by atoms with Gasteiger partial charge in [0.2, 0.25) is 0 Å². The van der Waals surface area contributed by atoms with Gasteiger partial charge in [-0.3, -0.25) is 0 Å². The molecule has 0 spiro atoms. The van der Waals surface area contributed by atoms with Crippen molar-refractivity contribution in [2.24, 2.45) is 0 Å². The van der Waals surface area contributed by atoms with Crippen LogP contribution in [-0.4, -0.2) is 8.48 Å². The van der Waals surface area contributed by atoms with E-state index in [-0.39, 0.29) is 3.23 Å². The van der Waals surface area contributed by atoms with Gasteiger partial charge in [-0.1, -0.05) is 50.1 Å². The van der Waals surface area contributed by atoms with Crippen LogP contribution in [0, 0.1) is 0 Å². The van der Waals surface area contributed by atoms with Gasteiger partial charge in [0.1, 0.15) is 0 Å². The second-order valence-corrected chi connectivity index (χ2v) is 8.06. The zero-order valence-corrected chi connectivity index (χ0v) is 10.3. The minimum absolute atomic E-state index is 0.209. The van der Waals surface area contributed by atoms with Gasteiger partial charge in [-0.25, -0.2) is 0 Å². The molecule has 1 fully saturated rings. The first kappa shape index (κ1) is 9.10. The zero-order valence-electron chi connectivity index (χ0n) is 6.34. The molecule has 0 N–H and O–H groups in total. The number of benzene rings is 1. The molecule has 0 amide bonds. The predicted molar refractivity (Wildman–Crippen MR) is 61.3 cm³/mol. The average Bonchev–Trinajstić information content (AvgIpc) is 2.61. The second kappa shape index (κ2) is 3.35. The molecular weight excluding hydrogens is 300 g/mol. The molecule has 12 heavy (non-hydrogen) atoms. The summed E-state index contributed by atoms with van der Waals surface area (Å²) in [5.74, 6) is 0. The Morgan fingerprint density at radius 3 is 2.33 bits per heavy atom. The maximum atomic E-state index is 3.61. The third-order valence-corrected chi connectivity index (χ3v) is 5.55. The molecular formula is C9H8Br2S. The zero-order chi connectivity index (χ0) is 8.60. The summed E-state index contributed by atoms with van der Waals surface area (Å²) in [6.07, 6.45) is 1.20. The molecule has 0 aliphatic heterocycles. The normalized spacial score (nSPS) is 25.3. The van der Waals surface area contributed by atoms with Gasteiger partial charge >= 0.3 is 0 Å². The molecule has 0 radical (unpaired) electrons. The van der Waals surface area contributed by atoms with Crippen molar-refractivity contribution < 1.29 is 0 Å². The van der Waals surface area contributed by atoms with Gasteiger partial charge in [0, 0.05) is 10.1 Å². The van der Waals surface area contributed by atoms with Crippen molar-refractivity contribution in [3.05, 3.63) is 30.3 Å². The quantitative estimate of drug-likeness (QED) is 0.743. The van der Waals surface area contributed by atoms with Gasteiger partial charge in [0.05, 0.1) is 3.23 Å². The van der Waals surface area contributed by atoms with Crippen molar-refractivity contribution in [2.45, 2.75) is 19.8 Å². The van der Waals surface area contributed by atoms with Crippen LogP contribution >= 0.6 is 43.6 Å². The highest BCUT2D eigenvalue weighted by atomic mass is 79.9. The largest absolute Gasteiger partial charge is 0.120 e. The lowest BCUT2D eigenvalue weighted by Crippen LogP contribution is -1.87. The van der Waals surface area contributed by atoms with E-state index in [1.165, 1.54) is 11.3 Å². The van der Waals surface area contributed by atoms with E-state index in [0.29, 0.717) is 5.25 Å². The van der Waals surface area contributed by atoms with Crippen molar-refractivity contribution >= 4 is 43.6 Å². The van der Waals surface area contributed by atoms with Crippen LogP contribution in [0.3, 0.4) is 0 Å². The van der Waals surface area contributed by atoms with E-state index in [2.05, 4.69) is 56.1 Å². The van der Waals surface area contributed by atoms with Gasteiger partial charge < -0.3 is 0 Å². The fraction of sp³-hybridized carbons (Fsp3) is 0.333.